The van der Waals surface area contributed by atoms with Crippen LogP contribution in [0.4, 0.5) is 0 Å². The molecule has 3 N–H and O–H groups in total. The summed E-state index contributed by atoms with van der Waals surface area (Å²) in [5, 5.41) is 2.60. The highest BCUT2D eigenvalue weighted by atomic mass is 15.2. The molecule has 1 aliphatic carbocycles. The second-order valence-electron chi connectivity index (χ2n) is 5.65. The van der Waals surface area contributed by atoms with Crippen molar-refractivity contribution in [3.63, 3.8) is 0 Å². The standard InChI is InChI=1S/C17H22N2/c18-19-17(14-7-2-1-3-8-14)16-11-10-13-6-4-5-9-15(13)12-16/h4-6,9-12,14,17,19H,1-3,7-8,18H2. The Morgan fingerprint density at radius 3 is 2.42 bits per heavy atom. The van der Waals surface area contributed by atoms with E-state index in [1.807, 2.05) is 0 Å². The first kappa shape index (κ1) is 12.6. The maximum absolute atomic E-state index is 5.83. The third-order valence-electron chi connectivity index (χ3n) is 4.43. The van der Waals surface area contributed by atoms with E-state index < -0.39 is 0 Å². The van der Waals surface area contributed by atoms with Gasteiger partial charge < -0.3 is 0 Å². The monoisotopic (exact) mass is 254 g/mol. The van der Waals surface area contributed by atoms with Gasteiger partial charge >= 0.3 is 0 Å². The average molecular weight is 254 g/mol. The molecule has 2 heteroatoms. The number of nitrogens with two attached hydrogens (primary N) is 1. The summed E-state index contributed by atoms with van der Waals surface area (Å²) in [7, 11) is 0. The van der Waals surface area contributed by atoms with Gasteiger partial charge in [-0.05, 0) is 41.2 Å². The van der Waals surface area contributed by atoms with Crippen molar-refractivity contribution in [2.45, 2.75) is 38.1 Å². The van der Waals surface area contributed by atoms with E-state index >= 15 is 0 Å². The number of rotatable bonds is 3. The molecule has 3 rings (SSSR count). The minimum atomic E-state index is 0.296. The van der Waals surface area contributed by atoms with Crippen molar-refractivity contribution in [2.24, 2.45) is 11.8 Å². The summed E-state index contributed by atoms with van der Waals surface area (Å²) in [6.45, 7) is 0. The van der Waals surface area contributed by atoms with Crippen molar-refractivity contribution < 1.29 is 0 Å². The van der Waals surface area contributed by atoms with Gasteiger partial charge in [-0.15, -0.1) is 0 Å². The minimum absolute atomic E-state index is 0.296. The third-order valence-corrected chi connectivity index (χ3v) is 4.43. The van der Waals surface area contributed by atoms with Crippen LogP contribution in [-0.2, 0) is 0 Å². The normalized spacial score (nSPS) is 18.6. The molecule has 0 radical (unpaired) electrons. The molecule has 1 fully saturated rings. The van der Waals surface area contributed by atoms with Crippen LogP contribution in [0.2, 0.25) is 0 Å². The summed E-state index contributed by atoms with van der Waals surface area (Å²) < 4.78 is 0. The molecular weight excluding hydrogens is 232 g/mol. The van der Waals surface area contributed by atoms with Crippen molar-refractivity contribution in [1.29, 1.82) is 0 Å². The van der Waals surface area contributed by atoms with Crippen LogP contribution >= 0.6 is 0 Å². The van der Waals surface area contributed by atoms with Crippen molar-refractivity contribution in [3.8, 4) is 0 Å². The topological polar surface area (TPSA) is 38.0 Å². The Labute approximate surface area is 115 Å². The lowest BCUT2D eigenvalue weighted by Gasteiger charge is -2.30. The van der Waals surface area contributed by atoms with Gasteiger partial charge in [0.15, 0.2) is 0 Å². The Kier molecular flexibility index (Phi) is 3.81. The first-order valence-corrected chi connectivity index (χ1v) is 7.33. The zero-order chi connectivity index (χ0) is 13.1. The lowest BCUT2D eigenvalue weighted by atomic mass is 9.81. The first-order chi connectivity index (χ1) is 9.38. The van der Waals surface area contributed by atoms with Crippen molar-refractivity contribution in [1.82, 2.24) is 5.43 Å². The molecule has 0 amide bonds. The van der Waals surface area contributed by atoms with E-state index in [0.717, 1.165) is 0 Å². The summed E-state index contributed by atoms with van der Waals surface area (Å²) in [5.74, 6) is 6.51. The van der Waals surface area contributed by atoms with Gasteiger partial charge in [0.25, 0.3) is 0 Å². The fourth-order valence-corrected chi connectivity index (χ4v) is 3.37. The zero-order valence-electron chi connectivity index (χ0n) is 11.3. The van der Waals surface area contributed by atoms with Crippen molar-refractivity contribution in [2.75, 3.05) is 0 Å². The highest BCUT2D eigenvalue weighted by Gasteiger charge is 2.24. The molecule has 1 atom stereocenters. The Morgan fingerprint density at radius 1 is 0.947 bits per heavy atom. The van der Waals surface area contributed by atoms with Crippen LogP contribution in [0.15, 0.2) is 42.5 Å². The number of hydrazine groups is 1. The Hall–Kier alpha value is -1.38. The van der Waals surface area contributed by atoms with Gasteiger partial charge in [0.1, 0.15) is 0 Å². The quantitative estimate of drug-likeness (QED) is 0.643. The number of benzene rings is 2. The van der Waals surface area contributed by atoms with E-state index in [1.165, 1.54) is 48.4 Å². The number of nitrogens with one attached hydrogen (secondary N) is 1. The number of hydrogen-bond acceptors (Lipinski definition) is 2. The lowest BCUT2D eigenvalue weighted by molar-refractivity contribution is 0.273. The summed E-state index contributed by atoms with van der Waals surface area (Å²) in [4.78, 5) is 0. The molecule has 1 aliphatic rings. The Bertz CT molecular complexity index is 544. The van der Waals surface area contributed by atoms with Crippen molar-refractivity contribution >= 4 is 10.8 Å². The first-order valence-electron chi connectivity index (χ1n) is 7.33. The van der Waals surface area contributed by atoms with Crippen LogP contribution in [0.25, 0.3) is 10.8 Å². The van der Waals surface area contributed by atoms with Crippen LogP contribution in [0, 0.1) is 5.92 Å². The molecular formula is C17H22N2. The van der Waals surface area contributed by atoms with Crippen LogP contribution in [-0.4, -0.2) is 0 Å². The van der Waals surface area contributed by atoms with Gasteiger partial charge in [-0.2, -0.15) is 0 Å². The molecule has 2 aromatic carbocycles. The van der Waals surface area contributed by atoms with E-state index in [2.05, 4.69) is 47.9 Å². The summed E-state index contributed by atoms with van der Waals surface area (Å²) in [6, 6.07) is 15.5. The summed E-state index contributed by atoms with van der Waals surface area (Å²) in [5.41, 5.74) is 4.38. The molecule has 0 bridgehead atoms. The van der Waals surface area contributed by atoms with Crippen LogP contribution < -0.4 is 11.3 Å². The molecule has 0 saturated heterocycles. The number of hydrogen-bond donors (Lipinski definition) is 2. The second kappa shape index (κ2) is 5.72. The third kappa shape index (κ3) is 2.65. The maximum Gasteiger partial charge on any atom is 0.0488 e. The van der Waals surface area contributed by atoms with Gasteiger partial charge in [-0.3, -0.25) is 11.3 Å². The maximum atomic E-state index is 5.83. The zero-order valence-corrected chi connectivity index (χ0v) is 11.3. The molecule has 1 saturated carbocycles. The van der Waals surface area contributed by atoms with Gasteiger partial charge in [0, 0.05) is 6.04 Å². The number of fused-ring (bicyclic) bond motifs is 1. The highest BCUT2D eigenvalue weighted by Crippen LogP contribution is 2.34. The highest BCUT2D eigenvalue weighted by molar-refractivity contribution is 5.83. The fraction of sp³-hybridized carbons (Fsp3) is 0.412. The van der Waals surface area contributed by atoms with Gasteiger partial charge in [0.2, 0.25) is 0 Å². The molecule has 0 spiro atoms. The smallest absolute Gasteiger partial charge is 0.0488 e. The van der Waals surface area contributed by atoms with Crippen LogP contribution in [0.3, 0.4) is 0 Å². The summed E-state index contributed by atoms with van der Waals surface area (Å²) in [6.07, 6.45) is 6.65. The Morgan fingerprint density at radius 2 is 1.68 bits per heavy atom. The minimum Gasteiger partial charge on any atom is -0.271 e. The van der Waals surface area contributed by atoms with Gasteiger partial charge in [-0.25, -0.2) is 0 Å². The predicted molar refractivity (Wildman–Crippen MR) is 80.6 cm³/mol. The molecule has 0 aromatic heterocycles. The molecule has 0 heterocycles. The van der Waals surface area contributed by atoms with Gasteiger partial charge in [-0.1, -0.05) is 55.7 Å². The molecule has 2 aromatic rings. The molecule has 1 unspecified atom stereocenters. The van der Waals surface area contributed by atoms with E-state index in [0.29, 0.717) is 12.0 Å². The van der Waals surface area contributed by atoms with E-state index in [4.69, 9.17) is 5.84 Å². The average Bonchev–Trinajstić information content (AvgIpc) is 2.49. The summed E-state index contributed by atoms with van der Waals surface area (Å²) >= 11 is 0. The predicted octanol–water partition coefficient (Wildman–Crippen LogP) is 3.92. The van der Waals surface area contributed by atoms with Crippen LogP contribution in [0.1, 0.15) is 43.7 Å². The lowest BCUT2D eigenvalue weighted by Crippen LogP contribution is -2.34. The van der Waals surface area contributed by atoms with Crippen LogP contribution in [0.5, 0.6) is 0 Å². The molecule has 2 nitrogen and oxygen atoms in total. The SMILES string of the molecule is NNC(c1ccc2ccccc2c1)C1CCCCC1. The molecule has 19 heavy (non-hydrogen) atoms. The second-order valence-corrected chi connectivity index (χ2v) is 5.65. The van der Waals surface area contributed by atoms with Gasteiger partial charge in [0.05, 0.1) is 0 Å². The molecule has 0 aliphatic heterocycles. The largest absolute Gasteiger partial charge is 0.271 e. The van der Waals surface area contributed by atoms with E-state index in [1.54, 1.807) is 0 Å². The molecule has 100 valence electrons. The van der Waals surface area contributed by atoms with E-state index in [-0.39, 0.29) is 0 Å². The van der Waals surface area contributed by atoms with Crippen molar-refractivity contribution in [3.05, 3.63) is 48.0 Å². The van der Waals surface area contributed by atoms with E-state index in [9.17, 15) is 0 Å². The fourth-order valence-electron chi connectivity index (χ4n) is 3.37. The Balaban J connectivity index is 1.91.